The molecule has 6 heterocycles. The highest BCUT2D eigenvalue weighted by Gasteiger charge is 2.47. The standard InChI is InChI=1S/C32H35ClF2N6O2/c1-17-7-22(17)26-23(8-21(42)9-25(26)33)28-27(35)29-24(12-36-28)30(40-14-19-3-4-20(15-40)37-19)39-31(38-29)43-16-32-5-2-6-41(32)13-18(10-32)11-34/h8-9,11-12,17,19-20,22,37,42H,2-7,10,13-16H2,1H3/b18-11-/t17-,19?,20?,22+,32-/m0/s1. The van der Waals surface area contributed by atoms with E-state index in [0.29, 0.717) is 59.4 Å². The van der Waals surface area contributed by atoms with E-state index in [1.54, 1.807) is 12.3 Å². The van der Waals surface area contributed by atoms with Crippen molar-refractivity contribution in [1.82, 2.24) is 25.2 Å². The van der Waals surface area contributed by atoms with E-state index in [9.17, 15) is 9.50 Å². The molecule has 5 aliphatic rings. The number of benzene rings is 1. The number of hydrogen-bond donors (Lipinski definition) is 2. The number of nitrogens with one attached hydrogen (secondary N) is 1. The van der Waals surface area contributed by atoms with Gasteiger partial charge in [-0.3, -0.25) is 9.88 Å². The summed E-state index contributed by atoms with van der Waals surface area (Å²) in [6.45, 7) is 5.43. The van der Waals surface area contributed by atoms with Gasteiger partial charge in [0.2, 0.25) is 0 Å². The summed E-state index contributed by atoms with van der Waals surface area (Å²) in [5, 5.41) is 15.0. The van der Waals surface area contributed by atoms with E-state index in [-0.39, 0.29) is 34.4 Å². The van der Waals surface area contributed by atoms with Crippen molar-refractivity contribution in [3.63, 3.8) is 0 Å². The number of fused-ring (bicyclic) bond motifs is 4. The molecule has 4 aliphatic heterocycles. The van der Waals surface area contributed by atoms with Gasteiger partial charge in [0, 0.05) is 48.5 Å². The summed E-state index contributed by atoms with van der Waals surface area (Å²) in [5.41, 5.74) is 1.98. The van der Waals surface area contributed by atoms with Gasteiger partial charge in [-0.25, -0.2) is 8.78 Å². The predicted octanol–water partition coefficient (Wildman–Crippen LogP) is 5.72. The lowest BCUT2D eigenvalue weighted by Gasteiger charge is -2.34. The molecule has 0 spiro atoms. The zero-order chi connectivity index (χ0) is 29.5. The van der Waals surface area contributed by atoms with E-state index in [4.69, 9.17) is 21.3 Å². The molecule has 8 nitrogen and oxygen atoms in total. The van der Waals surface area contributed by atoms with E-state index in [1.165, 1.54) is 6.07 Å². The Labute approximate surface area is 254 Å². The summed E-state index contributed by atoms with van der Waals surface area (Å²) in [6.07, 6.45) is 8.01. The Kier molecular flexibility index (Phi) is 6.54. The first kappa shape index (κ1) is 27.5. The maximum absolute atomic E-state index is 16.7. The van der Waals surface area contributed by atoms with Crippen LogP contribution in [-0.2, 0) is 0 Å². The van der Waals surface area contributed by atoms with E-state index in [0.717, 1.165) is 69.2 Å². The van der Waals surface area contributed by atoms with Crippen molar-refractivity contribution in [3.8, 4) is 23.0 Å². The summed E-state index contributed by atoms with van der Waals surface area (Å²) < 4.78 is 36.5. The molecular weight excluding hydrogens is 574 g/mol. The molecule has 5 fully saturated rings. The Balaban J connectivity index is 1.23. The summed E-state index contributed by atoms with van der Waals surface area (Å²) in [5.74, 6) is 0.571. The topological polar surface area (TPSA) is 86.6 Å². The maximum Gasteiger partial charge on any atom is 0.319 e. The first-order chi connectivity index (χ1) is 20.8. The highest BCUT2D eigenvalue weighted by atomic mass is 35.5. The van der Waals surface area contributed by atoms with Gasteiger partial charge in [-0.05, 0) is 80.2 Å². The number of ether oxygens (including phenoxy) is 1. The van der Waals surface area contributed by atoms with Crippen molar-refractivity contribution in [2.45, 2.75) is 69.0 Å². The zero-order valence-electron chi connectivity index (χ0n) is 24.1. The van der Waals surface area contributed by atoms with Crippen molar-refractivity contribution >= 4 is 28.3 Å². The minimum absolute atomic E-state index is 0.0410. The minimum Gasteiger partial charge on any atom is -0.508 e. The number of nitrogens with zero attached hydrogens (tertiary/aromatic N) is 5. The minimum atomic E-state index is -0.593. The van der Waals surface area contributed by atoms with Gasteiger partial charge in [0.05, 0.1) is 17.3 Å². The molecule has 1 aliphatic carbocycles. The Morgan fingerprint density at radius 2 is 2.02 bits per heavy atom. The van der Waals surface area contributed by atoms with Crippen LogP contribution >= 0.6 is 11.6 Å². The van der Waals surface area contributed by atoms with Crippen LogP contribution in [-0.4, -0.2) is 75.4 Å². The van der Waals surface area contributed by atoms with Crippen LogP contribution in [0.3, 0.4) is 0 Å². The summed E-state index contributed by atoms with van der Waals surface area (Å²) in [4.78, 5) is 18.6. The fraction of sp³-hybridized carbons (Fsp3) is 0.531. The molecule has 11 heteroatoms. The normalized spacial score (nSPS) is 30.9. The lowest BCUT2D eigenvalue weighted by atomic mass is 9.94. The van der Waals surface area contributed by atoms with Crippen LogP contribution in [0.25, 0.3) is 22.2 Å². The van der Waals surface area contributed by atoms with Crippen LogP contribution in [0.1, 0.15) is 56.9 Å². The SMILES string of the molecule is C[C@H]1C[C@H]1c1c(Cl)cc(O)cc1-c1ncc2c(N3CC4CCC(C3)N4)nc(OC[C@@]34CCCN3C/C(=C\F)C4)nc2c1F. The zero-order valence-corrected chi connectivity index (χ0v) is 24.9. The van der Waals surface area contributed by atoms with Crippen molar-refractivity contribution in [3.05, 3.63) is 46.6 Å². The number of halogens is 3. The quantitative estimate of drug-likeness (QED) is 0.367. The molecule has 4 saturated heterocycles. The van der Waals surface area contributed by atoms with Crippen molar-refractivity contribution in [2.24, 2.45) is 5.92 Å². The Morgan fingerprint density at radius 1 is 1.23 bits per heavy atom. The average Bonchev–Trinajstić information content (AvgIpc) is 3.26. The van der Waals surface area contributed by atoms with Gasteiger partial charge in [0.1, 0.15) is 29.4 Å². The number of pyridine rings is 1. The van der Waals surface area contributed by atoms with Gasteiger partial charge in [0.15, 0.2) is 5.82 Å². The van der Waals surface area contributed by atoms with Gasteiger partial charge in [-0.15, -0.1) is 0 Å². The van der Waals surface area contributed by atoms with E-state index < -0.39 is 5.82 Å². The van der Waals surface area contributed by atoms with Crippen LogP contribution in [0.15, 0.2) is 30.2 Å². The number of hydrogen-bond acceptors (Lipinski definition) is 8. The molecule has 2 N–H and O–H groups in total. The summed E-state index contributed by atoms with van der Waals surface area (Å²) >= 11 is 6.61. The van der Waals surface area contributed by atoms with Gasteiger partial charge < -0.3 is 20.1 Å². The first-order valence-corrected chi connectivity index (χ1v) is 15.8. The molecule has 1 saturated carbocycles. The molecule has 226 valence electrons. The second kappa shape index (κ2) is 10.2. The number of piperazine rings is 1. The van der Waals surface area contributed by atoms with Crippen molar-refractivity contribution in [1.29, 1.82) is 0 Å². The third-order valence-electron chi connectivity index (χ3n) is 10.3. The molecule has 2 bridgehead atoms. The Bertz CT molecular complexity index is 1640. The van der Waals surface area contributed by atoms with Crippen LogP contribution < -0.4 is 15.0 Å². The largest absolute Gasteiger partial charge is 0.508 e. The molecule has 3 aromatic rings. The monoisotopic (exact) mass is 608 g/mol. The number of anilines is 1. The highest BCUT2D eigenvalue weighted by Crippen LogP contribution is 2.53. The number of phenols is 1. The fourth-order valence-corrected chi connectivity index (χ4v) is 8.39. The maximum atomic E-state index is 16.7. The van der Waals surface area contributed by atoms with Crippen LogP contribution in [0, 0.1) is 11.7 Å². The molecule has 0 amide bonds. The predicted molar refractivity (Wildman–Crippen MR) is 161 cm³/mol. The summed E-state index contributed by atoms with van der Waals surface area (Å²) in [7, 11) is 0. The Hall–Kier alpha value is -3.08. The van der Waals surface area contributed by atoms with Gasteiger partial charge in [-0.1, -0.05) is 18.5 Å². The second-order valence-corrected chi connectivity index (χ2v) is 13.7. The number of phenolic OH excluding ortho intramolecular Hbond substituents is 1. The molecule has 1 aromatic carbocycles. The molecule has 8 rings (SSSR count). The smallest absolute Gasteiger partial charge is 0.319 e. The van der Waals surface area contributed by atoms with E-state index in [1.807, 2.05) is 0 Å². The first-order valence-electron chi connectivity index (χ1n) is 15.4. The molecule has 5 atom stereocenters. The van der Waals surface area contributed by atoms with Crippen molar-refractivity contribution in [2.75, 3.05) is 37.7 Å². The molecule has 0 radical (unpaired) electrons. The van der Waals surface area contributed by atoms with Gasteiger partial charge in [-0.2, -0.15) is 9.97 Å². The van der Waals surface area contributed by atoms with E-state index >= 15 is 4.39 Å². The molecule has 43 heavy (non-hydrogen) atoms. The molecule has 2 aromatic heterocycles. The van der Waals surface area contributed by atoms with Crippen LogP contribution in [0.2, 0.25) is 5.02 Å². The van der Waals surface area contributed by atoms with Crippen LogP contribution in [0.5, 0.6) is 11.8 Å². The third-order valence-corrected chi connectivity index (χ3v) is 10.6. The van der Waals surface area contributed by atoms with Gasteiger partial charge >= 0.3 is 6.01 Å². The third kappa shape index (κ3) is 4.64. The fourth-order valence-electron chi connectivity index (χ4n) is 8.04. The number of aromatic nitrogens is 3. The lowest BCUT2D eigenvalue weighted by molar-refractivity contribution is 0.108. The molecule has 2 unspecified atom stereocenters. The lowest BCUT2D eigenvalue weighted by Crippen LogP contribution is -2.51. The Morgan fingerprint density at radius 3 is 2.77 bits per heavy atom. The summed E-state index contributed by atoms with van der Waals surface area (Å²) in [6, 6.07) is 3.85. The average molecular weight is 609 g/mol. The molecular formula is C32H35ClF2N6O2. The number of rotatable bonds is 6. The highest BCUT2D eigenvalue weighted by molar-refractivity contribution is 6.32. The van der Waals surface area contributed by atoms with E-state index in [2.05, 4.69) is 32.0 Å². The van der Waals surface area contributed by atoms with Crippen LogP contribution in [0.4, 0.5) is 14.6 Å². The van der Waals surface area contributed by atoms with Crippen molar-refractivity contribution < 1.29 is 18.6 Å². The number of aromatic hydroxyl groups is 1. The van der Waals surface area contributed by atoms with Gasteiger partial charge in [0.25, 0.3) is 0 Å². The second-order valence-electron chi connectivity index (χ2n) is 13.2.